The first-order valence-electron chi connectivity index (χ1n) is 11.2. The summed E-state index contributed by atoms with van der Waals surface area (Å²) in [6, 6.07) is 32.3. The zero-order chi connectivity index (χ0) is 25.3. The predicted molar refractivity (Wildman–Crippen MR) is 133 cm³/mol. The van der Waals surface area contributed by atoms with Gasteiger partial charge >= 0.3 is 11.9 Å². The second-order valence-corrected chi connectivity index (χ2v) is 7.84. The maximum atomic E-state index is 13.6. The van der Waals surface area contributed by atoms with Crippen molar-refractivity contribution in [1.82, 2.24) is 0 Å². The first-order chi connectivity index (χ1) is 17.5. The SMILES string of the molecule is O=C(O[C@@H](C(=O)c1ccccc1)[C@@H](OC(=O)c1ccccc1)C(=O)c1ccccc1)c1ccccc1. The van der Waals surface area contributed by atoms with Gasteiger partial charge in [0.2, 0.25) is 23.8 Å². The van der Waals surface area contributed by atoms with Crippen LogP contribution < -0.4 is 0 Å². The first kappa shape index (κ1) is 24.3. The molecule has 0 heterocycles. The molecule has 0 saturated heterocycles. The van der Waals surface area contributed by atoms with Gasteiger partial charge in [0.25, 0.3) is 0 Å². The van der Waals surface area contributed by atoms with Crippen molar-refractivity contribution in [3.8, 4) is 0 Å². The number of carbonyl (C=O) groups is 4. The molecule has 0 amide bonds. The van der Waals surface area contributed by atoms with Crippen LogP contribution in [0.3, 0.4) is 0 Å². The fourth-order valence-electron chi connectivity index (χ4n) is 3.55. The van der Waals surface area contributed by atoms with Crippen LogP contribution in [0.25, 0.3) is 0 Å². The Labute approximate surface area is 208 Å². The Morgan fingerprint density at radius 2 is 0.639 bits per heavy atom. The summed E-state index contributed by atoms with van der Waals surface area (Å²) < 4.78 is 11.2. The van der Waals surface area contributed by atoms with Crippen LogP contribution in [0.2, 0.25) is 0 Å². The van der Waals surface area contributed by atoms with E-state index in [0.29, 0.717) is 0 Å². The van der Waals surface area contributed by atoms with Gasteiger partial charge in [0.15, 0.2) is 0 Å². The molecule has 0 fully saturated rings. The number of ketones is 2. The summed E-state index contributed by atoms with van der Waals surface area (Å²) in [4.78, 5) is 53.1. The lowest BCUT2D eigenvalue weighted by atomic mass is 9.95. The maximum Gasteiger partial charge on any atom is 0.339 e. The maximum absolute atomic E-state index is 13.6. The molecule has 0 N–H and O–H groups in total. The van der Waals surface area contributed by atoms with Crippen LogP contribution in [0.15, 0.2) is 121 Å². The van der Waals surface area contributed by atoms with E-state index in [9.17, 15) is 19.2 Å². The highest BCUT2D eigenvalue weighted by Crippen LogP contribution is 2.20. The Hall–Kier alpha value is -4.84. The molecule has 0 aromatic heterocycles. The van der Waals surface area contributed by atoms with E-state index in [-0.39, 0.29) is 22.3 Å². The van der Waals surface area contributed by atoms with Crippen LogP contribution in [0, 0.1) is 0 Å². The lowest BCUT2D eigenvalue weighted by molar-refractivity contribution is -0.0208. The van der Waals surface area contributed by atoms with Crippen molar-refractivity contribution >= 4 is 23.5 Å². The Bertz CT molecular complexity index is 1230. The van der Waals surface area contributed by atoms with Gasteiger partial charge in [-0.25, -0.2) is 9.59 Å². The number of ether oxygens (including phenoxy) is 2. The van der Waals surface area contributed by atoms with Gasteiger partial charge in [-0.05, 0) is 24.3 Å². The fraction of sp³-hybridized carbons (Fsp3) is 0.0667. The number of hydrogen-bond donors (Lipinski definition) is 0. The van der Waals surface area contributed by atoms with Crippen LogP contribution in [-0.2, 0) is 9.47 Å². The molecule has 0 aliphatic rings. The van der Waals surface area contributed by atoms with E-state index < -0.39 is 35.7 Å². The molecule has 4 aromatic carbocycles. The van der Waals surface area contributed by atoms with Crippen LogP contribution in [0.1, 0.15) is 41.4 Å². The average Bonchev–Trinajstić information content (AvgIpc) is 2.95. The number of rotatable bonds is 9. The van der Waals surface area contributed by atoms with Gasteiger partial charge in [0.05, 0.1) is 11.1 Å². The average molecular weight is 479 g/mol. The van der Waals surface area contributed by atoms with Gasteiger partial charge in [0.1, 0.15) is 0 Å². The largest absolute Gasteiger partial charge is 0.446 e. The lowest BCUT2D eigenvalue weighted by Gasteiger charge is -2.25. The molecule has 0 aliphatic heterocycles. The smallest absolute Gasteiger partial charge is 0.339 e. The van der Waals surface area contributed by atoms with Crippen molar-refractivity contribution < 1.29 is 28.7 Å². The summed E-state index contributed by atoms with van der Waals surface area (Å²) >= 11 is 0. The standard InChI is InChI=1S/C30H22O6/c31-25(21-13-5-1-6-14-21)27(35-29(33)23-17-9-3-10-18-23)28(26(32)22-15-7-2-8-16-22)36-30(34)24-19-11-4-12-20-24/h1-20,27-28H/t27-,28-/m0/s1. The number of Topliss-reactive ketones (excluding diaryl/α,β-unsaturated/α-hetero) is 2. The van der Waals surface area contributed by atoms with Crippen LogP contribution in [0.5, 0.6) is 0 Å². The molecule has 4 rings (SSSR count). The zero-order valence-electron chi connectivity index (χ0n) is 19.2. The van der Waals surface area contributed by atoms with E-state index in [1.165, 1.54) is 48.5 Å². The molecule has 178 valence electrons. The van der Waals surface area contributed by atoms with Gasteiger partial charge in [-0.1, -0.05) is 97.1 Å². The Morgan fingerprint density at radius 3 is 0.917 bits per heavy atom. The summed E-state index contributed by atoms with van der Waals surface area (Å²) in [5, 5.41) is 0. The summed E-state index contributed by atoms with van der Waals surface area (Å²) in [5.41, 5.74) is 0.766. The van der Waals surface area contributed by atoms with Gasteiger partial charge in [-0.3, -0.25) is 9.59 Å². The number of hydrogen-bond acceptors (Lipinski definition) is 6. The molecule has 0 bridgehead atoms. The van der Waals surface area contributed by atoms with E-state index >= 15 is 0 Å². The third kappa shape index (κ3) is 5.80. The van der Waals surface area contributed by atoms with Crippen molar-refractivity contribution in [3.63, 3.8) is 0 Å². The van der Waals surface area contributed by atoms with Crippen LogP contribution in [0.4, 0.5) is 0 Å². The topological polar surface area (TPSA) is 86.7 Å². The molecule has 0 radical (unpaired) electrons. The molecule has 0 saturated carbocycles. The summed E-state index contributed by atoms with van der Waals surface area (Å²) in [7, 11) is 0. The van der Waals surface area contributed by atoms with E-state index in [0.717, 1.165) is 0 Å². The summed E-state index contributed by atoms with van der Waals surface area (Å²) in [5.74, 6) is -3.00. The van der Waals surface area contributed by atoms with Crippen molar-refractivity contribution in [2.45, 2.75) is 12.2 Å². The molecule has 0 aliphatic carbocycles. The molecule has 6 nitrogen and oxygen atoms in total. The van der Waals surface area contributed by atoms with E-state index in [1.807, 2.05) is 0 Å². The molecular weight excluding hydrogens is 456 g/mol. The highest BCUT2D eigenvalue weighted by atomic mass is 16.6. The molecule has 6 heteroatoms. The van der Waals surface area contributed by atoms with Crippen molar-refractivity contribution in [3.05, 3.63) is 144 Å². The molecule has 2 atom stereocenters. The van der Waals surface area contributed by atoms with Crippen LogP contribution >= 0.6 is 0 Å². The van der Waals surface area contributed by atoms with Gasteiger partial charge in [0, 0.05) is 11.1 Å². The minimum Gasteiger partial charge on any atom is -0.446 e. The predicted octanol–water partition coefficient (Wildman–Crippen LogP) is 5.20. The molecular formula is C30H22O6. The Balaban J connectivity index is 1.76. The summed E-state index contributed by atoms with van der Waals surface area (Å²) in [6.07, 6.45) is -3.44. The Morgan fingerprint density at radius 1 is 0.389 bits per heavy atom. The minimum absolute atomic E-state index is 0.184. The van der Waals surface area contributed by atoms with E-state index in [1.54, 1.807) is 72.8 Å². The highest BCUT2D eigenvalue weighted by Gasteiger charge is 2.41. The third-order valence-electron chi connectivity index (χ3n) is 5.40. The molecule has 0 unspecified atom stereocenters. The molecule has 0 spiro atoms. The highest BCUT2D eigenvalue weighted by molar-refractivity contribution is 6.09. The van der Waals surface area contributed by atoms with Gasteiger partial charge in [-0.2, -0.15) is 0 Å². The van der Waals surface area contributed by atoms with Crippen molar-refractivity contribution in [1.29, 1.82) is 0 Å². The lowest BCUT2D eigenvalue weighted by Crippen LogP contribution is -2.46. The van der Waals surface area contributed by atoms with E-state index in [2.05, 4.69) is 0 Å². The second-order valence-electron chi connectivity index (χ2n) is 7.84. The third-order valence-corrected chi connectivity index (χ3v) is 5.40. The monoisotopic (exact) mass is 478 g/mol. The molecule has 4 aromatic rings. The van der Waals surface area contributed by atoms with Gasteiger partial charge < -0.3 is 9.47 Å². The van der Waals surface area contributed by atoms with Crippen molar-refractivity contribution in [2.75, 3.05) is 0 Å². The fourth-order valence-corrected chi connectivity index (χ4v) is 3.55. The Kier molecular flexibility index (Phi) is 7.78. The number of esters is 2. The van der Waals surface area contributed by atoms with Crippen molar-refractivity contribution in [2.24, 2.45) is 0 Å². The minimum atomic E-state index is -1.72. The van der Waals surface area contributed by atoms with E-state index in [4.69, 9.17) is 9.47 Å². The quantitative estimate of drug-likeness (QED) is 0.243. The normalized spacial score (nSPS) is 12.1. The number of carbonyl (C=O) groups excluding carboxylic acids is 4. The number of benzene rings is 4. The van der Waals surface area contributed by atoms with Crippen LogP contribution in [-0.4, -0.2) is 35.7 Å². The van der Waals surface area contributed by atoms with Gasteiger partial charge in [-0.15, -0.1) is 0 Å². The first-order valence-corrected chi connectivity index (χ1v) is 11.2. The zero-order valence-corrected chi connectivity index (χ0v) is 19.2. The molecule has 36 heavy (non-hydrogen) atoms. The second kappa shape index (κ2) is 11.5. The summed E-state index contributed by atoms with van der Waals surface area (Å²) in [6.45, 7) is 0.